The third kappa shape index (κ3) is 3.63. The predicted octanol–water partition coefficient (Wildman–Crippen LogP) is 2.34. The Morgan fingerprint density at radius 2 is 1.65 bits per heavy atom. The second kappa shape index (κ2) is 7.75. The highest BCUT2D eigenvalue weighted by Gasteiger charge is 2.23. The van der Waals surface area contributed by atoms with Crippen molar-refractivity contribution < 1.29 is 19.0 Å². The molecule has 112 valence electrons. The molecule has 0 amide bonds. The summed E-state index contributed by atoms with van der Waals surface area (Å²) in [7, 11) is 3.06. The molecule has 5 nitrogen and oxygen atoms in total. The van der Waals surface area contributed by atoms with E-state index in [1.807, 2.05) is 25.7 Å². The van der Waals surface area contributed by atoms with Crippen LogP contribution >= 0.6 is 0 Å². The van der Waals surface area contributed by atoms with Gasteiger partial charge in [-0.3, -0.25) is 4.90 Å². The van der Waals surface area contributed by atoms with Gasteiger partial charge in [-0.15, -0.1) is 0 Å². The van der Waals surface area contributed by atoms with Gasteiger partial charge >= 0.3 is 5.97 Å². The molecule has 0 heterocycles. The average molecular weight is 281 g/mol. The summed E-state index contributed by atoms with van der Waals surface area (Å²) >= 11 is 0. The molecule has 0 aliphatic rings. The number of likely N-dealkylation sites (N-methyl/N-ethyl adjacent to an activating group) is 1. The minimum atomic E-state index is -0.323. The highest BCUT2D eigenvalue weighted by atomic mass is 16.6. The van der Waals surface area contributed by atoms with Crippen molar-refractivity contribution in [3.63, 3.8) is 0 Å². The van der Waals surface area contributed by atoms with Crippen LogP contribution in [0, 0.1) is 0 Å². The van der Waals surface area contributed by atoms with E-state index in [0.29, 0.717) is 17.2 Å². The number of hydrogen-bond acceptors (Lipinski definition) is 5. The average Bonchev–Trinajstić information content (AvgIpc) is 2.48. The van der Waals surface area contributed by atoms with Gasteiger partial charge in [0.25, 0.3) is 0 Å². The summed E-state index contributed by atoms with van der Waals surface area (Å²) in [5.41, 5.74) is 0. The first-order chi connectivity index (χ1) is 9.58. The molecule has 0 bridgehead atoms. The van der Waals surface area contributed by atoms with E-state index < -0.39 is 0 Å². The topological polar surface area (TPSA) is 48.0 Å². The molecule has 0 unspecified atom stereocenters. The van der Waals surface area contributed by atoms with E-state index in [1.165, 1.54) is 14.2 Å². The first kappa shape index (κ1) is 16.3. The Morgan fingerprint density at radius 3 is 2.05 bits per heavy atom. The van der Waals surface area contributed by atoms with Crippen molar-refractivity contribution in [3.8, 4) is 17.2 Å². The first-order valence-corrected chi connectivity index (χ1v) is 6.75. The molecule has 0 aliphatic heterocycles. The highest BCUT2D eigenvalue weighted by molar-refractivity contribution is 5.79. The molecule has 1 aromatic carbocycles. The fourth-order valence-electron chi connectivity index (χ4n) is 2.02. The Bertz CT molecular complexity index is 421. The van der Waals surface area contributed by atoms with Crippen molar-refractivity contribution in [1.29, 1.82) is 0 Å². The monoisotopic (exact) mass is 281 g/mol. The third-order valence-electron chi connectivity index (χ3n) is 3.29. The van der Waals surface area contributed by atoms with Crippen LogP contribution in [0.25, 0.3) is 0 Å². The Balaban J connectivity index is 2.95. The molecule has 1 aromatic rings. The molecule has 0 saturated heterocycles. The van der Waals surface area contributed by atoms with Gasteiger partial charge in [0, 0.05) is 0 Å². The molecular weight excluding hydrogens is 258 g/mol. The van der Waals surface area contributed by atoms with Crippen LogP contribution in [0.3, 0.4) is 0 Å². The standard InChI is InChI=1S/C15H23NO4/c1-6-16(7-2)11(3)15(17)20-14-12(18-4)9-8-10-13(14)19-5/h8-11H,6-7H2,1-5H3/t11-/m0/s1. The Hall–Kier alpha value is -1.75. The SMILES string of the molecule is CCN(CC)[C@@H](C)C(=O)Oc1c(OC)cccc1OC. The molecule has 0 saturated carbocycles. The Kier molecular flexibility index (Phi) is 6.31. The smallest absolute Gasteiger partial charge is 0.328 e. The van der Waals surface area contributed by atoms with Gasteiger partial charge in [0.1, 0.15) is 6.04 Å². The van der Waals surface area contributed by atoms with E-state index in [0.717, 1.165) is 13.1 Å². The van der Waals surface area contributed by atoms with Gasteiger partial charge < -0.3 is 14.2 Å². The second-order valence-corrected chi connectivity index (χ2v) is 4.31. The maximum absolute atomic E-state index is 12.2. The van der Waals surface area contributed by atoms with Crippen molar-refractivity contribution in [2.75, 3.05) is 27.3 Å². The van der Waals surface area contributed by atoms with E-state index in [-0.39, 0.29) is 12.0 Å². The predicted molar refractivity (Wildman–Crippen MR) is 77.6 cm³/mol. The molecule has 1 rings (SSSR count). The van der Waals surface area contributed by atoms with Gasteiger partial charge in [-0.1, -0.05) is 19.9 Å². The molecular formula is C15H23NO4. The Morgan fingerprint density at radius 1 is 1.15 bits per heavy atom. The molecule has 0 N–H and O–H groups in total. The lowest BCUT2D eigenvalue weighted by Gasteiger charge is -2.25. The lowest BCUT2D eigenvalue weighted by Crippen LogP contribution is -2.41. The van der Waals surface area contributed by atoms with Crippen LogP contribution < -0.4 is 14.2 Å². The summed E-state index contributed by atoms with van der Waals surface area (Å²) in [6.07, 6.45) is 0. The molecule has 0 fully saturated rings. The zero-order chi connectivity index (χ0) is 15.1. The lowest BCUT2D eigenvalue weighted by molar-refractivity contribution is -0.139. The number of ether oxygens (including phenoxy) is 3. The number of carbonyl (C=O) groups is 1. The summed E-state index contributed by atoms with van der Waals surface area (Å²) in [6, 6.07) is 4.92. The fourth-order valence-corrected chi connectivity index (χ4v) is 2.02. The molecule has 20 heavy (non-hydrogen) atoms. The van der Waals surface area contributed by atoms with Crippen LogP contribution in [0.1, 0.15) is 20.8 Å². The third-order valence-corrected chi connectivity index (χ3v) is 3.29. The van der Waals surface area contributed by atoms with Gasteiger partial charge in [0.2, 0.25) is 5.75 Å². The van der Waals surface area contributed by atoms with Crippen LogP contribution in [-0.2, 0) is 4.79 Å². The van der Waals surface area contributed by atoms with E-state index in [2.05, 4.69) is 0 Å². The Labute approximate surface area is 120 Å². The number of rotatable bonds is 7. The molecule has 0 radical (unpaired) electrons. The van der Waals surface area contributed by atoms with Gasteiger partial charge in [-0.2, -0.15) is 0 Å². The molecule has 0 aliphatic carbocycles. The number of carbonyl (C=O) groups excluding carboxylic acids is 1. The molecule has 0 spiro atoms. The molecule has 0 aromatic heterocycles. The van der Waals surface area contributed by atoms with Crippen LogP contribution in [0.2, 0.25) is 0 Å². The summed E-state index contributed by atoms with van der Waals surface area (Å²) in [5.74, 6) is 0.951. The van der Waals surface area contributed by atoms with Crippen molar-refractivity contribution in [2.45, 2.75) is 26.8 Å². The van der Waals surface area contributed by atoms with E-state index in [4.69, 9.17) is 14.2 Å². The zero-order valence-corrected chi connectivity index (χ0v) is 12.8. The van der Waals surface area contributed by atoms with Crippen molar-refractivity contribution in [1.82, 2.24) is 4.90 Å². The minimum absolute atomic E-state index is 0.320. The number of benzene rings is 1. The summed E-state index contributed by atoms with van der Waals surface area (Å²) in [4.78, 5) is 14.3. The number of para-hydroxylation sites is 1. The van der Waals surface area contributed by atoms with Crippen molar-refractivity contribution >= 4 is 5.97 Å². The van der Waals surface area contributed by atoms with Gasteiger partial charge in [0.05, 0.1) is 14.2 Å². The quantitative estimate of drug-likeness (QED) is 0.567. The minimum Gasteiger partial charge on any atom is -0.493 e. The van der Waals surface area contributed by atoms with Gasteiger partial charge in [0.15, 0.2) is 11.5 Å². The second-order valence-electron chi connectivity index (χ2n) is 4.31. The van der Waals surface area contributed by atoms with E-state index in [1.54, 1.807) is 18.2 Å². The summed E-state index contributed by atoms with van der Waals surface area (Å²) in [6.45, 7) is 7.43. The maximum Gasteiger partial charge on any atom is 0.328 e. The maximum atomic E-state index is 12.2. The van der Waals surface area contributed by atoms with Crippen LogP contribution in [0.5, 0.6) is 17.2 Å². The normalized spacial score (nSPS) is 12.1. The number of esters is 1. The van der Waals surface area contributed by atoms with Gasteiger partial charge in [-0.05, 0) is 32.1 Å². The van der Waals surface area contributed by atoms with Crippen LogP contribution in [0.15, 0.2) is 18.2 Å². The zero-order valence-electron chi connectivity index (χ0n) is 12.8. The van der Waals surface area contributed by atoms with Crippen molar-refractivity contribution in [3.05, 3.63) is 18.2 Å². The first-order valence-electron chi connectivity index (χ1n) is 6.75. The van der Waals surface area contributed by atoms with Crippen LogP contribution in [-0.4, -0.2) is 44.2 Å². The van der Waals surface area contributed by atoms with E-state index in [9.17, 15) is 4.79 Å². The van der Waals surface area contributed by atoms with Gasteiger partial charge in [-0.25, -0.2) is 4.79 Å². The summed E-state index contributed by atoms with van der Waals surface area (Å²) < 4.78 is 15.9. The summed E-state index contributed by atoms with van der Waals surface area (Å²) in [5, 5.41) is 0. The fraction of sp³-hybridized carbons (Fsp3) is 0.533. The number of hydrogen-bond donors (Lipinski definition) is 0. The molecule has 1 atom stereocenters. The number of nitrogens with zero attached hydrogens (tertiary/aromatic N) is 1. The largest absolute Gasteiger partial charge is 0.493 e. The van der Waals surface area contributed by atoms with E-state index >= 15 is 0 Å². The highest BCUT2D eigenvalue weighted by Crippen LogP contribution is 2.37. The van der Waals surface area contributed by atoms with Crippen molar-refractivity contribution in [2.24, 2.45) is 0 Å². The number of methoxy groups -OCH3 is 2. The molecule has 5 heteroatoms. The lowest BCUT2D eigenvalue weighted by atomic mass is 10.2. The van der Waals surface area contributed by atoms with Crippen LogP contribution in [0.4, 0.5) is 0 Å².